The third kappa shape index (κ3) is 2.60. The van der Waals surface area contributed by atoms with Crippen molar-refractivity contribution in [1.29, 1.82) is 0 Å². The van der Waals surface area contributed by atoms with Crippen LogP contribution in [-0.2, 0) is 4.79 Å². The Kier molecular flexibility index (Phi) is 3.37. The van der Waals surface area contributed by atoms with E-state index in [1.807, 2.05) is 11.2 Å². The fourth-order valence-electron chi connectivity index (χ4n) is 1.64. The molecule has 7 heteroatoms. The summed E-state index contributed by atoms with van der Waals surface area (Å²) in [6.07, 6.45) is 1.90. The molecule has 0 aromatic carbocycles. The molecule has 0 spiro atoms. The molecule has 0 aliphatic carbocycles. The Morgan fingerprint density at radius 1 is 1.41 bits per heavy atom. The van der Waals surface area contributed by atoms with Crippen LogP contribution in [0.15, 0.2) is 11.2 Å². The Balaban J connectivity index is 2.22. The summed E-state index contributed by atoms with van der Waals surface area (Å²) in [6.45, 7) is 1.82. The summed E-state index contributed by atoms with van der Waals surface area (Å²) in [5.74, 6) is 1.26. The van der Waals surface area contributed by atoms with E-state index in [9.17, 15) is 4.79 Å². The Labute approximate surface area is 104 Å². The molecule has 1 aliphatic heterocycles. The number of carbonyl (C=O) groups is 1. The molecule has 1 saturated heterocycles. The maximum Gasteiger partial charge on any atom is 0.241 e. The maximum absolute atomic E-state index is 11.6. The monoisotopic (exact) mass is 253 g/mol. The minimum absolute atomic E-state index is 0.0964. The molecule has 2 heterocycles. The first kappa shape index (κ1) is 12.0. The number of piperazine rings is 1. The van der Waals surface area contributed by atoms with Crippen LogP contribution in [0.25, 0.3) is 0 Å². The number of nitrogens with two attached hydrogens (primary N) is 1. The van der Waals surface area contributed by atoms with Crippen LogP contribution >= 0.6 is 11.8 Å². The van der Waals surface area contributed by atoms with Gasteiger partial charge in [0, 0.05) is 26.2 Å². The summed E-state index contributed by atoms with van der Waals surface area (Å²) in [7, 11) is 1.81. The Bertz CT molecular complexity index is 439. The zero-order chi connectivity index (χ0) is 12.4. The van der Waals surface area contributed by atoms with Crippen LogP contribution in [0.5, 0.6) is 0 Å². The summed E-state index contributed by atoms with van der Waals surface area (Å²) in [4.78, 5) is 23.7. The van der Waals surface area contributed by atoms with Gasteiger partial charge in [0.2, 0.25) is 5.91 Å². The van der Waals surface area contributed by atoms with Gasteiger partial charge in [-0.05, 0) is 6.26 Å². The van der Waals surface area contributed by atoms with Gasteiger partial charge in [-0.1, -0.05) is 11.8 Å². The normalized spacial score (nSPS) is 16.5. The standard InChI is InChI=1S/C10H15N5OS/c1-14-3-4-15(6-9(14)16)8-5-7(11)12-10(13-8)17-2/h5H,3-4,6H2,1-2H3,(H2,11,12,13). The molecule has 0 radical (unpaired) electrons. The molecule has 1 aliphatic rings. The number of rotatable bonds is 2. The number of nitrogen functional groups attached to an aromatic ring is 1. The first-order valence-electron chi connectivity index (χ1n) is 5.27. The van der Waals surface area contributed by atoms with E-state index in [4.69, 9.17) is 5.73 Å². The first-order chi connectivity index (χ1) is 8.10. The molecule has 2 N–H and O–H groups in total. The number of hydrogen-bond acceptors (Lipinski definition) is 6. The SMILES string of the molecule is CSc1nc(N)cc(N2CCN(C)C(=O)C2)n1. The highest BCUT2D eigenvalue weighted by Gasteiger charge is 2.22. The number of anilines is 2. The molecule has 92 valence electrons. The summed E-state index contributed by atoms with van der Waals surface area (Å²) < 4.78 is 0. The Hall–Kier alpha value is -1.50. The third-order valence-corrected chi connectivity index (χ3v) is 3.22. The lowest BCUT2D eigenvalue weighted by Crippen LogP contribution is -2.48. The second-order valence-electron chi connectivity index (χ2n) is 3.87. The van der Waals surface area contributed by atoms with Crippen LogP contribution in [0.3, 0.4) is 0 Å². The number of amides is 1. The molecular weight excluding hydrogens is 238 g/mol. The molecule has 1 aromatic rings. The van der Waals surface area contributed by atoms with Crippen molar-refractivity contribution in [3.8, 4) is 0 Å². The average molecular weight is 253 g/mol. The lowest BCUT2D eigenvalue weighted by molar-refractivity contribution is -0.129. The van der Waals surface area contributed by atoms with Crippen molar-refractivity contribution in [2.24, 2.45) is 0 Å². The second kappa shape index (κ2) is 4.79. The molecular formula is C10H15N5OS. The first-order valence-corrected chi connectivity index (χ1v) is 6.50. The van der Waals surface area contributed by atoms with Crippen LogP contribution in [0.2, 0.25) is 0 Å². The van der Waals surface area contributed by atoms with Gasteiger partial charge in [-0.15, -0.1) is 0 Å². The quantitative estimate of drug-likeness (QED) is 0.593. The maximum atomic E-state index is 11.6. The third-order valence-electron chi connectivity index (χ3n) is 2.68. The molecule has 1 amide bonds. The fourth-order valence-corrected chi connectivity index (χ4v) is 2.02. The molecule has 17 heavy (non-hydrogen) atoms. The second-order valence-corrected chi connectivity index (χ2v) is 4.65. The minimum Gasteiger partial charge on any atom is -0.383 e. The number of likely N-dealkylation sites (N-methyl/N-ethyl adjacent to an activating group) is 1. The minimum atomic E-state index is 0.0964. The highest BCUT2D eigenvalue weighted by molar-refractivity contribution is 7.98. The zero-order valence-corrected chi connectivity index (χ0v) is 10.7. The van der Waals surface area contributed by atoms with E-state index in [-0.39, 0.29) is 5.91 Å². The fraction of sp³-hybridized carbons (Fsp3) is 0.500. The summed E-state index contributed by atoms with van der Waals surface area (Å²) >= 11 is 1.44. The van der Waals surface area contributed by atoms with E-state index in [0.717, 1.165) is 12.4 Å². The van der Waals surface area contributed by atoms with E-state index >= 15 is 0 Å². The van der Waals surface area contributed by atoms with Crippen molar-refractivity contribution < 1.29 is 4.79 Å². The highest BCUT2D eigenvalue weighted by atomic mass is 32.2. The van der Waals surface area contributed by atoms with Gasteiger partial charge in [-0.3, -0.25) is 4.79 Å². The number of carbonyl (C=O) groups excluding carboxylic acids is 1. The number of nitrogens with zero attached hydrogens (tertiary/aromatic N) is 4. The number of hydrogen-bond donors (Lipinski definition) is 1. The van der Waals surface area contributed by atoms with Crippen molar-refractivity contribution in [2.75, 3.05) is 43.6 Å². The van der Waals surface area contributed by atoms with Crippen LogP contribution in [0.1, 0.15) is 0 Å². The molecule has 0 saturated carbocycles. The van der Waals surface area contributed by atoms with Crippen LogP contribution in [-0.4, -0.2) is 53.7 Å². The molecule has 0 atom stereocenters. The van der Waals surface area contributed by atoms with E-state index in [0.29, 0.717) is 24.1 Å². The average Bonchev–Trinajstić information content (AvgIpc) is 2.32. The highest BCUT2D eigenvalue weighted by Crippen LogP contribution is 2.19. The molecule has 2 rings (SSSR count). The van der Waals surface area contributed by atoms with Crippen molar-refractivity contribution in [3.63, 3.8) is 0 Å². The predicted molar refractivity (Wildman–Crippen MR) is 68.1 cm³/mol. The van der Waals surface area contributed by atoms with E-state index in [1.54, 1.807) is 18.0 Å². The zero-order valence-electron chi connectivity index (χ0n) is 9.88. The van der Waals surface area contributed by atoms with Crippen molar-refractivity contribution in [2.45, 2.75) is 5.16 Å². The van der Waals surface area contributed by atoms with Crippen molar-refractivity contribution >= 4 is 29.3 Å². The van der Waals surface area contributed by atoms with Gasteiger partial charge < -0.3 is 15.5 Å². The van der Waals surface area contributed by atoms with Gasteiger partial charge >= 0.3 is 0 Å². The van der Waals surface area contributed by atoms with Crippen molar-refractivity contribution in [3.05, 3.63) is 6.07 Å². The van der Waals surface area contributed by atoms with E-state index < -0.39 is 0 Å². The van der Waals surface area contributed by atoms with Crippen LogP contribution in [0, 0.1) is 0 Å². The lowest BCUT2D eigenvalue weighted by atomic mass is 10.3. The van der Waals surface area contributed by atoms with Gasteiger partial charge in [0.15, 0.2) is 5.16 Å². The van der Waals surface area contributed by atoms with Crippen LogP contribution < -0.4 is 10.6 Å². The number of thioether (sulfide) groups is 1. The number of aromatic nitrogens is 2. The topological polar surface area (TPSA) is 75.3 Å². The summed E-state index contributed by atoms with van der Waals surface area (Å²) in [5.41, 5.74) is 5.72. The summed E-state index contributed by atoms with van der Waals surface area (Å²) in [6, 6.07) is 1.71. The molecule has 1 aromatic heterocycles. The Morgan fingerprint density at radius 2 is 2.18 bits per heavy atom. The van der Waals surface area contributed by atoms with E-state index in [2.05, 4.69) is 9.97 Å². The largest absolute Gasteiger partial charge is 0.383 e. The molecule has 0 unspecified atom stereocenters. The van der Waals surface area contributed by atoms with Gasteiger partial charge in [-0.2, -0.15) is 0 Å². The molecule has 1 fully saturated rings. The van der Waals surface area contributed by atoms with Gasteiger partial charge in [0.05, 0.1) is 6.54 Å². The predicted octanol–water partition coefficient (Wildman–Crippen LogP) is 0.0591. The summed E-state index contributed by atoms with van der Waals surface area (Å²) in [5, 5.41) is 0.631. The Morgan fingerprint density at radius 3 is 2.82 bits per heavy atom. The van der Waals surface area contributed by atoms with Crippen molar-refractivity contribution in [1.82, 2.24) is 14.9 Å². The van der Waals surface area contributed by atoms with E-state index in [1.165, 1.54) is 11.8 Å². The van der Waals surface area contributed by atoms with Gasteiger partial charge in [0.1, 0.15) is 11.6 Å². The molecule has 0 bridgehead atoms. The smallest absolute Gasteiger partial charge is 0.241 e. The van der Waals surface area contributed by atoms with Gasteiger partial charge in [-0.25, -0.2) is 9.97 Å². The van der Waals surface area contributed by atoms with Crippen LogP contribution in [0.4, 0.5) is 11.6 Å². The van der Waals surface area contributed by atoms with Gasteiger partial charge in [0.25, 0.3) is 0 Å². The lowest BCUT2D eigenvalue weighted by Gasteiger charge is -2.32. The molecule has 6 nitrogen and oxygen atoms in total.